The lowest BCUT2D eigenvalue weighted by atomic mass is 9.79. The van der Waals surface area contributed by atoms with Crippen molar-refractivity contribution in [1.29, 1.82) is 0 Å². The zero-order valence-corrected chi connectivity index (χ0v) is 15.7. The van der Waals surface area contributed by atoms with Crippen molar-refractivity contribution in [3.63, 3.8) is 0 Å². The van der Waals surface area contributed by atoms with Gasteiger partial charge in [0, 0.05) is 12.4 Å². The Hall–Kier alpha value is -1.44. The molecule has 1 nitrogen and oxygen atoms in total. The lowest BCUT2D eigenvalue weighted by Crippen LogP contribution is -2.13. The molecule has 1 aliphatic rings. The summed E-state index contributed by atoms with van der Waals surface area (Å²) in [6, 6.07) is 5.42. The molecular weight excluding hydrogens is 297 g/mol. The van der Waals surface area contributed by atoms with E-state index in [9.17, 15) is 4.39 Å². The van der Waals surface area contributed by atoms with Crippen LogP contribution in [0.5, 0.6) is 0 Å². The molecule has 0 N–H and O–H groups in total. The number of hydrogen-bond donors (Lipinski definition) is 0. The molecule has 1 fully saturated rings. The van der Waals surface area contributed by atoms with Crippen LogP contribution in [0.15, 0.2) is 29.4 Å². The van der Waals surface area contributed by atoms with Gasteiger partial charge in [-0.25, -0.2) is 4.39 Å². The first-order valence-electron chi connectivity index (χ1n) is 9.46. The molecule has 0 heterocycles. The van der Waals surface area contributed by atoms with Gasteiger partial charge in [0.25, 0.3) is 0 Å². The minimum Gasteiger partial charge on any atom is -0.269 e. The quantitative estimate of drug-likeness (QED) is 0.499. The summed E-state index contributed by atoms with van der Waals surface area (Å²) in [6.07, 6.45) is 11.3. The first-order valence-corrected chi connectivity index (χ1v) is 9.46. The van der Waals surface area contributed by atoms with E-state index in [4.69, 9.17) is 0 Å². The summed E-state index contributed by atoms with van der Waals surface area (Å²) in [6.45, 7) is 8.44. The zero-order valence-electron chi connectivity index (χ0n) is 15.7. The first kappa shape index (κ1) is 18.9. The standard InChI is InChI=1S/C22H32FN/c1-5-24-15-18(4)20-7-6-8-21(23)22(20)17(3)11-14-19-12-9-16(2)10-13-19/h5-8,15-17,19H,9-14H2,1-4H3/b18-15+,24-5?. The highest BCUT2D eigenvalue weighted by atomic mass is 19.1. The minimum absolute atomic E-state index is 0.0782. The van der Waals surface area contributed by atoms with E-state index in [-0.39, 0.29) is 11.7 Å². The van der Waals surface area contributed by atoms with Gasteiger partial charge in [-0.3, -0.25) is 4.99 Å². The maximum Gasteiger partial charge on any atom is 0.127 e. The van der Waals surface area contributed by atoms with Crippen LogP contribution in [0.4, 0.5) is 4.39 Å². The number of nitrogens with zero attached hydrogens (tertiary/aromatic N) is 1. The Balaban J connectivity index is 2.09. The summed E-state index contributed by atoms with van der Waals surface area (Å²) >= 11 is 0. The summed E-state index contributed by atoms with van der Waals surface area (Å²) in [5, 5.41) is 0. The van der Waals surface area contributed by atoms with E-state index in [1.165, 1.54) is 32.1 Å². The van der Waals surface area contributed by atoms with Gasteiger partial charge >= 0.3 is 0 Å². The summed E-state index contributed by atoms with van der Waals surface area (Å²) in [7, 11) is 0. The van der Waals surface area contributed by atoms with E-state index in [2.05, 4.69) is 18.8 Å². The van der Waals surface area contributed by atoms with E-state index in [0.29, 0.717) is 0 Å². The second kappa shape index (κ2) is 9.15. The molecule has 1 unspecified atom stereocenters. The van der Waals surface area contributed by atoms with Crippen LogP contribution in [0.25, 0.3) is 5.57 Å². The third kappa shape index (κ3) is 5.03. The number of allylic oxidation sites excluding steroid dienone is 1. The van der Waals surface area contributed by atoms with Crippen LogP contribution < -0.4 is 0 Å². The van der Waals surface area contributed by atoms with Crippen molar-refractivity contribution < 1.29 is 4.39 Å². The monoisotopic (exact) mass is 329 g/mol. The Bertz CT molecular complexity index is 580. The predicted octanol–water partition coefficient (Wildman–Crippen LogP) is 6.99. The van der Waals surface area contributed by atoms with Gasteiger partial charge in [0.2, 0.25) is 0 Å². The number of aliphatic imine (C=N–C) groups is 1. The van der Waals surface area contributed by atoms with Crippen LogP contribution in [0, 0.1) is 17.7 Å². The van der Waals surface area contributed by atoms with Crippen molar-refractivity contribution in [2.24, 2.45) is 16.8 Å². The smallest absolute Gasteiger partial charge is 0.127 e. The Kier molecular flexibility index (Phi) is 7.20. The summed E-state index contributed by atoms with van der Waals surface area (Å²) in [5.41, 5.74) is 2.90. The predicted molar refractivity (Wildman–Crippen MR) is 103 cm³/mol. The first-order chi connectivity index (χ1) is 11.5. The zero-order chi connectivity index (χ0) is 17.5. The Morgan fingerprint density at radius 2 is 2.00 bits per heavy atom. The molecule has 0 aromatic heterocycles. The lowest BCUT2D eigenvalue weighted by Gasteiger charge is -2.27. The SMILES string of the molecule is CC=N/C=C(\C)c1cccc(F)c1C(C)CCC1CCC(C)CC1. The lowest BCUT2D eigenvalue weighted by molar-refractivity contribution is 0.269. The second-order valence-electron chi connectivity index (χ2n) is 7.52. The molecule has 2 rings (SSSR count). The molecule has 0 spiro atoms. The minimum atomic E-state index is -0.0782. The second-order valence-corrected chi connectivity index (χ2v) is 7.52. The van der Waals surface area contributed by atoms with Crippen molar-refractivity contribution in [2.75, 3.05) is 0 Å². The fourth-order valence-corrected chi connectivity index (χ4v) is 3.89. The molecule has 0 saturated heterocycles. The van der Waals surface area contributed by atoms with E-state index < -0.39 is 0 Å². The van der Waals surface area contributed by atoms with Crippen LogP contribution in [0.1, 0.15) is 83.3 Å². The van der Waals surface area contributed by atoms with Crippen LogP contribution >= 0.6 is 0 Å². The fraction of sp³-hybridized carbons (Fsp3) is 0.591. The van der Waals surface area contributed by atoms with Crippen molar-refractivity contribution in [3.8, 4) is 0 Å². The fourth-order valence-electron chi connectivity index (χ4n) is 3.89. The van der Waals surface area contributed by atoms with Gasteiger partial charge in [-0.15, -0.1) is 0 Å². The number of rotatable bonds is 6. The van der Waals surface area contributed by atoms with Crippen LogP contribution in [-0.4, -0.2) is 6.21 Å². The van der Waals surface area contributed by atoms with E-state index >= 15 is 0 Å². The van der Waals surface area contributed by atoms with Gasteiger partial charge in [0.15, 0.2) is 0 Å². The van der Waals surface area contributed by atoms with E-state index in [1.54, 1.807) is 18.3 Å². The van der Waals surface area contributed by atoms with Gasteiger partial charge in [-0.1, -0.05) is 51.7 Å². The van der Waals surface area contributed by atoms with Crippen molar-refractivity contribution in [2.45, 2.75) is 72.1 Å². The summed E-state index contributed by atoms with van der Waals surface area (Å²) in [5.74, 6) is 1.89. The molecule has 0 amide bonds. The third-order valence-corrected chi connectivity index (χ3v) is 5.53. The van der Waals surface area contributed by atoms with Gasteiger partial charge in [0.05, 0.1) is 0 Å². The largest absolute Gasteiger partial charge is 0.269 e. The molecule has 132 valence electrons. The molecule has 0 bridgehead atoms. The molecule has 1 aromatic rings. The molecule has 0 radical (unpaired) electrons. The molecule has 2 heteroatoms. The average molecular weight is 330 g/mol. The number of halogens is 1. The maximum atomic E-state index is 14.5. The van der Waals surface area contributed by atoms with Gasteiger partial charge in [-0.05, 0) is 67.2 Å². The number of hydrogen-bond acceptors (Lipinski definition) is 1. The van der Waals surface area contributed by atoms with Crippen molar-refractivity contribution >= 4 is 11.8 Å². The Morgan fingerprint density at radius 3 is 2.67 bits per heavy atom. The van der Waals surface area contributed by atoms with Crippen LogP contribution in [0.2, 0.25) is 0 Å². The van der Waals surface area contributed by atoms with E-state index in [0.717, 1.165) is 35.0 Å². The Labute approximate surface area is 147 Å². The molecule has 0 aliphatic heterocycles. The van der Waals surface area contributed by atoms with Gasteiger partial charge in [0.1, 0.15) is 5.82 Å². The maximum absolute atomic E-state index is 14.5. The topological polar surface area (TPSA) is 12.4 Å². The van der Waals surface area contributed by atoms with Crippen molar-refractivity contribution in [1.82, 2.24) is 0 Å². The Morgan fingerprint density at radius 1 is 1.29 bits per heavy atom. The van der Waals surface area contributed by atoms with Crippen LogP contribution in [-0.2, 0) is 0 Å². The van der Waals surface area contributed by atoms with E-state index in [1.807, 2.05) is 26.1 Å². The van der Waals surface area contributed by atoms with Crippen LogP contribution in [0.3, 0.4) is 0 Å². The summed E-state index contributed by atoms with van der Waals surface area (Å²) in [4.78, 5) is 4.20. The highest BCUT2D eigenvalue weighted by Crippen LogP contribution is 2.36. The van der Waals surface area contributed by atoms with Crippen molar-refractivity contribution in [3.05, 3.63) is 41.3 Å². The molecule has 1 aliphatic carbocycles. The van der Waals surface area contributed by atoms with Gasteiger partial charge in [-0.2, -0.15) is 0 Å². The van der Waals surface area contributed by atoms with Gasteiger partial charge < -0.3 is 0 Å². The number of benzene rings is 1. The molecular formula is C22H32FN. The highest BCUT2D eigenvalue weighted by Gasteiger charge is 2.21. The molecule has 1 saturated carbocycles. The molecule has 1 aromatic carbocycles. The normalized spacial score (nSPS) is 23.6. The average Bonchev–Trinajstić information content (AvgIpc) is 2.58. The third-order valence-electron chi connectivity index (χ3n) is 5.53. The highest BCUT2D eigenvalue weighted by molar-refractivity contribution is 5.68. The molecule has 1 atom stereocenters. The summed E-state index contributed by atoms with van der Waals surface area (Å²) < 4.78 is 14.5. The molecule has 24 heavy (non-hydrogen) atoms.